The van der Waals surface area contributed by atoms with E-state index in [1.807, 2.05) is 0 Å². The summed E-state index contributed by atoms with van der Waals surface area (Å²) in [6.45, 7) is 11.4. The highest BCUT2D eigenvalue weighted by Gasteiger charge is 2.20. The zero-order valence-electron chi connectivity index (χ0n) is 8.20. The first-order chi connectivity index (χ1) is 4.77. The predicted molar refractivity (Wildman–Crippen MR) is 53.3 cm³/mol. The molecule has 0 heterocycles. The summed E-state index contributed by atoms with van der Waals surface area (Å²) in [7, 11) is 0. The molecule has 0 rings (SSSR count). The fourth-order valence-corrected chi connectivity index (χ4v) is 0.612. The molecular weight excluding hydrogens is 204 g/mol. The van der Waals surface area contributed by atoms with Gasteiger partial charge in [-0.3, -0.25) is 0 Å². The third-order valence-electron chi connectivity index (χ3n) is 1.26. The largest absolute Gasteiger partial charge is 0.375 e. The van der Waals surface area contributed by atoms with Crippen LogP contribution in [0.25, 0.3) is 0 Å². The molecule has 0 radical (unpaired) electrons. The van der Waals surface area contributed by atoms with Crippen molar-refractivity contribution >= 4 is 15.9 Å². The molecule has 0 atom stereocenters. The van der Waals surface area contributed by atoms with E-state index in [4.69, 9.17) is 4.74 Å². The van der Waals surface area contributed by atoms with Crippen LogP contribution in [-0.2, 0) is 4.74 Å². The second kappa shape index (κ2) is 3.90. The molecule has 1 nitrogen and oxygen atoms in total. The van der Waals surface area contributed by atoms with Gasteiger partial charge in [0.15, 0.2) is 0 Å². The van der Waals surface area contributed by atoms with Crippen molar-refractivity contribution in [1.82, 2.24) is 0 Å². The van der Waals surface area contributed by atoms with E-state index in [1.54, 1.807) is 0 Å². The smallest absolute Gasteiger partial charge is 0.0598 e. The molecule has 0 N–H and O–H groups in total. The zero-order valence-corrected chi connectivity index (χ0v) is 9.79. The van der Waals surface area contributed by atoms with Crippen molar-refractivity contribution < 1.29 is 4.74 Å². The van der Waals surface area contributed by atoms with Crippen LogP contribution in [0.15, 0.2) is 0 Å². The maximum absolute atomic E-state index is 5.66. The van der Waals surface area contributed by atoms with Gasteiger partial charge >= 0.3 is 0 Å². The Hall–Kier alpha value is 0.440. The molecule has 0 bridgehead atoms. The van der Waals surface area contributed by atoms with Crippen LogP contribution in [0.5, 0.6) is 0 Å². The van der Waals surface area contributed by atoms with Crippen LogP contribution in [0, 0.1) is 5.41 Å². The molecular formula is C9H19BrO. The molecule has 0 aliphatic heterocycles. The number of alkyl halides is 1. The molecule has 11 heavy (non-hydrogen) atoms. The first kappa shape index (κ1) is 11.4. The number of ether oxygens (including phenoxy) is 1. The van der Waals surface area contributed by atoms with Crippen LogP contribution in [0.2, 0.25) is 0 Å². The summed E-state index contributed by atoms with van der Waals surface area (Å²) < 4.78 is 5.66. The van der Waals surface area contributed by atoms with Crippen molar-refractivity contribution in [2.45, 2.75) is 40.2 Å². The number of hydrogen-bond acceptors (Lipinski definition) is 1. The normalized spacial score (nSPS) is 13.6. The standard InChI is InChI=1S/C9H19BrO/c1-8(2,3)11-7-9(4,5)6-10/h6-7H2,1-5H3. The van der Waals surface area contributed by atoms with E-state index in [0.717, 1.165) is 11.9 Å². The molecule has 2 heteroatoms. The van der Waals surface area contributed by atoms with E-state index >= 15 is 0 Å². The first-order valence-corrected chi connectivity index (χ1v) is 5.09. The molecule has 0 aromatic rings. The Morgan fingerprint density at radius 2 is 1.55 bits per heavy atom. The Morgan fingerprint density at radius 1 is 1.09 bits per heavy atom. The van der Waals surface area contributed by atoms with E-state index in [1.165, 1.54) is 0 Å². The number of halogens is 1. The Balaban J connectivity index is 3.70. The summed E-state index contributed by atoms with van der Waals surface area (Å²) in [5.41, 5.74) is 0.229. The van der Waals surface area contributed by atoms with E-state index in [-0.39, 0.29) is 11.0 Å². The van der Waals surface area contributed by atoms with Crippen molar-refractivity contribution in [2.75, 3.05) is 11.9 Å². The predicted octanol–water partition coefficient (Wildman–Crippen LogP) is 3.22. The minimum atomic E-state index is -0.0144. The molecule has 0 saturated carbocycles. The minimum absolute atomic E-state index is 0.0144. The maximum atomic E-state index is 5.66. The maximum Gasteiger partial charge on any atom is 0.0598 e. The SMILES string of the molecule is CC(C)(CBr)COC(C)(C)C. The van der Waals surface area contributed by atoms with Crippen LogP contribution < -0.4 is 0 Å². The molecule has 0 aromatic carbocycles. The molecule has 0 amide bonds. The summed E-state index contributed by atoms with van der Waals surface area (Å²) in [6.07, 6.45) is 0. The third kappa shape index (κ3) is 6.82. The average Bonchev–Trinajstić information content (AvgIpc) is 1.83. The topological polar surface area (TPSA) is 9.23 Å². The highest BCUT2D eigenvalue weighted by molar-refractivity contribution is 9.09. The summed E-state index contributed by atoms with van der Waals surface area (Å²) in [4.78, 5) is 0. The van der Waals surface area contributed by atoms with Crippen molar-refractivity contribution in [3.63, 3.8) is 0 Å². The summed E-state index contributed by atoms with van der Waals surface area (Å²) in [5, 5.41) is 0.982. The van der Waals surface area contributed by atoms with Crippen LogP contribution >= 0.6 is 15.9 Å². The van der Waals surface area contributed by atoms with Gasteiger partial charge in [0.1, 0.15) is 0 Å². The number of rotatable bonds is 3. The van der Waals surface area contributed by atoms with Crippen LogP contribution in [-0.4, -0.2) is 17.5 Å². The molecule has 68 valence electrons. The van der Waals surface area contributed by atoms with Crippen molar-refractivity contribution in [3.05, 3.63) is 0 Å². The molecule has 0 spiro atoms. The summed E-state index contributed by atoms with van der Waals surface area (Å²) in [5.74, 6) is 0. The average molecular weight is 223 g/mol. The van der Waals surface area contributed by atoms with Gasteiger partial charge in [0.25, 0.3) is 0 Å². The van der Waals surface area contributed by atoms with E-state index in [2.05, 4.69) is 50.5 Å². The Bertz CT molecular complexity index is 113. The van der Waals surface area contributed by atoms with Gasteiger partial charge in [-0.25, -0.2) is 0 Å². The summed E-state index contributed by atoms with van der Waals surface area (Å²) in [6, 6.07) is 0. The minimum Gasteiger partial charge on any atom is -0.375 e. The summed E-state index contributed by atoms with van der Waals surface area (Å²) >= 11 is 3.46. The van der Waals surface area contributed by atoms with Gasteiger partial charge in [-0.2, -0.15) is 0 Å². The van der Waals surface area contributed by atoms with E-state index in [9.17, 15) is 0 Å². The van der Waals surface area contributed by atoms with Crippen LogP contribution in [0.1, 0.15) is 34.6 Å². The monoisotopic (exact) mass is 222 g/mol. The van der Waals surface area contributed by atoms with Gasteiger partial charge in [0.05, 0.1) is 12.2 Å². The Morgan fingerprint density at radius 3 is 1.82 bits per heavy atom. The van der Waals surface area contributed by atoms with Crippen molar-refractivity contribution in [1.29, 1.82) is 0 Å². The highest BCUT2D eigenvalue weighted by atomic mass is 79.9. The zero-order chi connectivity index (χ0) is 9.12. The quantitative estimate of drug-likeness (QED) is 0.667. The fourth-order valence-electron chi connectivity index (χ4n) is 0.450. The van der Waals surface area contributed by atoms with E-state index in [0.29, 0.717) is 0 Å². The van der Waals surface area contributed by atoms with Gasteiger partial charge < -0.3 is 4.74 Å². The lowest BCUT2D eigenvalue weighted by Crippen LogP contribution is -2.28. The molecule has 0 unspecified atom stereocenters. The highest BCUT2D eigenvalue weighted by Crippen LogP contribution is 2.21. The number of hydrogen-bond donors (Lipinski definition) is 0. The van der Waals surface area contributed by atoms with E-state index < -0.39 is 0 Å². The Labute approximate surface area is 78.6 Å². The van der Waals surface area contributed by atoms with Gasteiger partial charge in [-0.05, 0) is 26.2 Å². The third-order valence-corrected chi connectivity index (χ3v) is 2.78. The molecule has 0 aliphatic rings. The van der Waals surface area contributed by atoms with Crippen molar-refractivity contribution in [2.24, 2.45) is 5.41 Å². The Kier molecular flexibility index (Phi) is 4.06. The van der Waals surface area contributed by atoms with Gasteiger partial charge in [-0.15, -0.1) is 0 Å². The second-order valence-electron chi connectivity index (χ2n) is 4.70. The second-order valence-corrected chi connectivity index (χ2v) is 5.26. The van der Waals surface area contributed by atoms with Crippen molar-refractivity contribution in [3.8, 4) is 0 Å². The lowest BCUT2D eigenvalue weighted by atomic mass is 9.98. The van der Waals surface area contributed by atoms with Gasteiger partial charge in [0, 0.05) is 5.33 Å². The lowest BCUT2D eigenvalue weighted by molar-refractivity contribution is -0.0368. The van der Waals surface area contributed by atoms with Crippen LogP contribution in [0.4, 0.5) is 0 Å². The van der Waals surface area contributed by atoms with Gasteiger partial charge in [0.2, 0.25) is 0 Å². The molecule has 0 aromatic heterocycles. The lowest BCUT2D eigenvalue weighted by Gasteiger charge is -2.27. The van der Waals surface area contributed by atoms with Gasteiger partial charge in [-0.1, -0.05) is 29.8 Å². The molecule has 0 fully saturated rings. The molecule has 0 aliphatic carbocycles. The fraction of sp³-hybridized carbons (Fsp3) is 1.00. The first-order valence-electron chi connectivity index (χ1n) is 3.97. The molecule has 0 saturated heterocycles. The van der Waals surface area contributed by atoms with Crippen LogP contribution in [0.3, 0.4) is 0 Å².